The van der Waals surface area contributed by atoms with Crippen LogP contribution < -0.4 is 10.6 Å². The van der Waals surface area contributed by atoms with Crippen molar-refractivity contribution in [1.82, 2.24) is 20.5 Å². The summed E-state index contributed by atoms with van der Waals surface area (Å²) < 4.78 is 37.3. The molecule has 2 rings (SSSR count). The van der Waals surface area contributed by atoms with Gasteiger partial charge < -0.3 is 10.6 Å². The minimum atomic E-state index is -4.52. The average molecular weight is 344 g/mol. The third-order valence-corrected chi connectivity index (χ3v) is 3.88. The summed E-state index contributed by atoms with van der Waals surface area (Å²) >= 11 is 0. The van der Waals surface area contributed by atoms with E-state index in [0.717, 1.165) is 18.3 Å². The van der Waals surface area contributed by atoms with Gasteiger partial charge in [-0.2, -0.15) is 13.2 Å². The minimum absolute atomic E-state index is 0.0617. The Hall–Kier alpha value is -2.16. The van der Waals surface area contributed by atoms with Gasteiger partial charge in [-0.25, -0.2) is 0 Å². The first-order valence-corrected chi connectivity index (χ1v) is 7.56. The Morgan fingerprint density at radius 3 is 2.46 bits per heavy atom. The maximum absolute atomic E-state index is 12.4. The highest BCUT2D eigenvalue weighted by Crippen LogP contribution is 2.27. The highest BCUT2D eigenvalue weighted by atomic mass is 19.4. The molecule has 2 amide bonds. The number of likely N-dealkylation sites (tertiary alicyclic amines) is 1. The first-order chi connectivity index (χ1) is 11.3. The first-order valence-electron chi connectivity index (χ1n) is 7.56. The predicted molar refractivity (Wildman–Crippen MR) is 80.2 cm³/mol. The number of nitrogens with one attached hydrogen (secondary N) is 2. The van der Waals surface area contributed by atoms with Gasteiger partial charge in [-0.05, 0) is 25.0 Å². The van der Waals surface area contributed by atoms with Crippen LogP contribution in [0.5, 0.6) is 0 Å². The maximum atomic E-state index is 12.4. The van der Waals surface area contributed by atoms with Crippen LogP contribution in [0.1, 0.15) is 28.9 Å². The Balaban J connectivity index is 1.84. The summed E-state index contributed by atoms with van der Waals surface area (Å²) in [5.74, 6) is -0.505. The van der Waals surface area contributed by atoms with E-state index < -0.39 is 17.8 Å². The lowest BCUT2D eigenvalue weighted by atomic mass is 10.0. The molecule has 0 aliphatic carbocycles. The van der Waals surface area contributed by atoms with Gasteiger partial charge in [0.15, 0.2) is 0 Å². The van der Waals surface area contributed by atoms with Crippen LogP contribution in [-0.4, -0.2) is 54.4 Å². The van der Waals surface area contributed by atoms with Gasteiger partial charge in [0.1, 0.15) is 5.69 Å². The molecule has 1 fully saturated rings. The Kier molecular flexibility index (Phi) is 5.76. The number of alkyl halides is 3. The number of carbonyl (C=O) groups is 2. The van der Waals surface area contributed by atoms with Crippen LogP contribution in [0.4, 0.5) is 13.2 Å². The molecular formula is C15H19F3N4O2. The molecule has 0 atom stereocenters. The van der Waals surface area contributed by atoms with Gasteiger partial charge in [0.05, 0.1) is 12.1 Å². The van der Waals surface area contributed by atoms with Gasteiger partial charge in [0.2, 0.25) is 5.91 Å². The molecule has 2 heterocycles. The van der Waals surface area contributed by atoms with Crippen molar-refractivity contribution in [3.63, 3.8) is 0 Å². The molecule has 6 nitrogen and oxygen atoms in total. The van der Waals surface area contributed by atoms with Crippen LogP contribution in [0.15, 0.2) is 18.3 Å². The fourth-order valence-electron chi connectivity index (χ4n) is 2.48. The number of piperidine rings is 1. The summed E-state index contributed by atoms with van der Waals surface area (Å²) in [5.41, 5.74) is -0.933. The van der Waals surface area contributed by atoms with E-state index in [0.29, 0.717) is 32.5 Å². The van der Waals surface area contributed by atoms with E-state index in [4.69, 9.17) is 0 Å². The molecule has 0 unspecified atom stereocenters. The van der Waals surface area contributed by atoms with E-state index >= 15 is 0 Å². The van der Waals surface area contributed by atoms with Crippen LogP contribution in [0.25, 0.3) is 0 Å². The second-order valence-corrected chi connectivity index (χ2v) is 5.63. The fraction of sp³-hybridized carbons (Fsp3) is 0.533. The van der Waals surface area contributed by atoms with Crippen LogP contribution in [0.3, 0.4) is 0 Å². The largest absolute Gasteiger partial charge is 0.433 e. The first kappa shape index (κ1) is 18.2. The Morgan fingerprint density at radius 2 is 1.96 bits per heavy atom. The number of pyridine rings is 1. The van der Waals surface area contributed by atoms with E-state index in [-0.39, 0.29) is 17.5 Å². The van der Waals surface area contributed by atoms with Crippen LogP contribution in [0, 0.1) is 0 Å². The zero-order valence-electron chi connectivity index (χ0n) is 13.2. The second-order valence-electron chi connectivity index (χ2n) is 5.63. The summed E-state index contributed by atoms with van der Waals surface area (Å²) in [6.45, 7) is 1.66. The van der Waals surface area contributed by atoms with E-state index in [2.05, 4.69) is 15.6 Å². The quantitative estimate of drug-likeness (QED) is 0.856. The van der Waals surface area contributed by atoms with Crippen molar-refractivity contribution in [2.45, 2.75) is 25.1 Å². The third kappa shape index (κ3) is 4.92. The lowest BCUT2D eigenvalue weighted by Crippen LogP contribution is -2.47. The molecule has 0 aromatic carbocycles. The number of rotatable bonds is 4. The number of carbonyl (C=O) groups excluding carboxylic acids is 2. The third-order valence-electron chi connectivity index (χ3n) is 3.88. The van der Waals surface area contributed by atoms with Crippen molar-refractivity contribution in [2.75, 3.05) is 26.7 Å². The van der Waals surface area contributed by atoms with E-state index in [1.54, 1.807) is 7.05 Å². The van der Waals surface area contributed by atoms with Crippen molar-refractivity contribution in [2.24, 2.45) is 0 Å². The molecule has 2 N–H and O–H groups in total. The number of nitrogens with zero attached hydrogens (tertiary/aromatic N) is 2. The summed E-state index contributed by atoms with van der Waals surface area (Å²) in [6, 6.07) is 1.84. The van der Waals surface area contributed by atoms with E-state index in [1.807, 2.05) is 4.90 Å². The molecule has 1 aliphatic heterocycles. The standard InChI is InChI=1S/C15H19F3N4O2/c1-19-13(23)9-22-6-4-11(5-7-22)21-14(24)10-2-3-12(20-8-10)15(16,17)18/h2-3,8,11H,4-7,9H2,1H3,(H,19,23)(H,21,24). The highest BCUT2D eigenvalue weighted by molar-refractivity contribution is 5.94. The summed E-state index contributed by atoms with van der Waals surface area (Å²) in [5, 5.41) is 5.35. The molecule has 1 aromatic rings. The molecule has 1 aliphatic rings. The zero-order chi connectivity index (χ0) is 17.7. The maximum Gasteiger partial charge on any atom is 0.433 e. The Bertz CT molecular complexity index is 581. The molecular weight excluding hydrogens is 325 g/mol. The predicted octanol–water partition coefficient (Wildman–Crippen LogP) is 1.04. The Morgan fingerprint density at radius 1 is 1.29 bits per heavy atom. The molecule has 0 saturated carbocycles. The molecule has 0 radical (unpaired) electrons. The van der Waals surface area contributed by atoms with Gasteiger partial charge >= 0.3 is 6.18 Å². The number of hydrogen-bond donors (Lipinski definition) is 2. The summed E-state index contributed by atoms with van der Waals surface area (Å²) in [6.07, 6.45) is -2.24. The molecule has 0 bridgehead atoms. The van der Waals surface area contributed by atoms with Crippen molar-refractivity contribution in [3.8, 4) is 0 Å². The SMILES string of the molecule is CNC(=O)CN1CCC(NC(=O)c2ccc(C(F)(F)F)nc2)CC1. The molecule has 1 saturated heterocycles. The van der Waals surface area contributed by atoms with Gasteiger partial charge in [-0.3, -0.25) is 19.5 Å². The average Bonchev–Trinajstić information content (AvgIpc) is 2.55. The molecule has 24 heavy (non-hydrogen) atoms. The van der Waals surface area contributed by atoms with Crippen molar-refractivity contribution >= 4 is 11.8 Å². The number of amides is 2. The van der Waals surface area contributed by atoms with Gasteiger partial charge in [0.25, 0.3) is 5.91 Å². The van der Waals surface area contributed by atoms with E-state index in [1.165, 1.54) is 0 Å². The lowest BCUT2D eigenvalue weighted by Gasteiger charge is -2.31. The van der Waals surface area contributed by atoms with Crippen LogP contribution in [-0.2, 0) is 11.0 Å². The number of aromatic nitrogens is 1. The van der Waals surface area contributed by atoms with Crippen LogP contribution in [0.2, 0.25) is 0 Å². The van der Waals surface area contributed by atoms with Crippen molar-refractivity contribution < 1.29 is 22.8 Å². The topological polar surface area (TPSA) is 74.3 Å². The van der Waals surface area contributed by atoms with Crippen molar-refractivity contribution in [1.29, 1.82) is 0 Å². The number of hydrogen-bond acceptors (Lipinski definition) is 4. The smallest absolute Gasteiger partial charge is 0.358 e. The normalized spacial score (nSPS) is 16.7. The second kappa shape index (κ2) is 7.61. The summed E-state index contributed by atoms with van der Waals surface area (Å²) in [4.78, 5) is 28.6. The Labute approximate surface area is 137 Å². The van der Waals surface area contributed by atoms with Crippen molar-refractivity contribution in [3.05, 3.63) is 29.6 Å². The molecule has 9 heteroatoms. The number of halogens is 3. The van der Waals surface area contributed by atoms with E-state index in [9.17, 15) is 22.8 Å². The molecule has 0 spiro atoms. The number of likely N-dealkylation sites (N-methyl/N-ethyl adjacent to an activating group) is 1. The van der Waals surface area contributed by atoms with Gasteiger partial charge in [0, 0.05) is 32.4 Å². The highest BCUT2D eigenvalue weighted by Gasteiger charge is 2.32. The zero-order valence-corrected chi connectivity index (χ0v) is 13.2. The summed E-state index contributed by atoms with van der Waals surface area (Å²) in [7, 11) is 1.58. The van der Waals surface area contributed by atoms with Crippen LogP contribution >= 0.6 is 0 Å². The molecule has 1 aromatic heterocycles. The van der Waals surface area contributed by atoms with Gasteiger partial charge in [-0.1, -0.05) is 0 Å². The monoisotopic (exact) mass is 344 g/mol. The fourth-order valence-corrected chi connectivity index (χ4v) is 2.48. The lowest BCUT2D eigenvalue weighted by molar-refractivity contribution is -0.141. The van der Waals surface area contributed by atoms with Gasteiger partial charge in [-0.15, -0.1) is 0 Å². The molecule has 132 valence electrons. The minimum Gasteiger partial charge on any atom is -0.358 e.